The number of aliphatic hydroxyl groups excluding tert-OH is 1. The van der Waals surface area contributed by atoms with Gasteiger partial charge in [0.05, 0.1) is 12.6 Å². The summed E-state index contributed by atoms with van der Waals surface area (Å²) in [7, 11) is 0. The number of nitrogens with zero attached hydrogens (tertiary/aromatic N) is 1. The maximum absolute atomic E-state index is 9.67. The second-order valence-corrected chi connectivity index (χ2v) is 5.44. The predicted octanol–water partition coefficient (Wildman–Crippen LogP) is 2.38. The molecule has 0 spiro atoms. The number of rotatable bonds is 3. The van der Waals surface area contributed by atoms with Gasteiger partial charge in [0.25, 0.3) is 0 Å². The van der Waals surface area contributed by atoms with Crippen LogP contribution >= 0.6 is 0 Å². The van der Waals surface area contributed by atoms with Crippen molar-refractivity contribution in [1.29, 1.82) is 0 Å². The fraction of sp³-hybridized carbons (Fsp3) is 0.600. The van der Waals surface area contributed by atoms with Crippen LogP contribution < -0.4 is 0 Å². The van der Waals surface area contributed by atoms with Crippen molar-refractivity contribution in [2.45, 2.75) is 31.7 Å². The normalized spacial score (nSPS) is 25.4. The molecule has 1 aliphatic heterocycles. The van der Waals surface area contributed by atoms with Gasteiger partial charge in [0, 0.05) is 13.1 Å². The van der Waals surface area contributed by atoms with Crippen molar-refractivity contribution in [3.8, 4) is 0 Å². The second kappa shape index (κ2) is 4.79. The van der Waals surface area contributed by atoms with E-state index in [4.69, 9.17) is 0 Å². The first-order valence-corrected chi connectivity index (χ1v) is 6.81. The summed E-state index contributed by atoms with van der Waals surface area (Å²) in [5.74, 6) is 0.884. The minimum absolute atomic E-state index is 0.237. The van der Waals surface area contributed by atoms with Crippen molar-refractivity contribution in [1.82, 2.24) is 4.90 Å². The topological polar surface area (TPSA) is 23.5 Å². The standard InChI is InChI=1S/C15H21NO/c17-11-15-14-7-2-1-6-13(14)8-9-16(15)10-12-4-3-5-12/h1-2,6-7,12,15,17H,3-5,8-11H2. The molecule has 1 aromatic rings. The SMILES string of the molecule is OCC1c2ccccc2CCN1CC1CCC1. The van der Waals surface area contributed by atoms with Crippen molar-refractivity contribution >= 4 is 0 Å². The predicted molar refractivity (Wildman–Crippen MR) is 68.9 cm³/mol. The lowest BCUT2D eigenvalue weighted by molar-refractivity contribution is 0.0814. The molecule has 0 radical (unpaired) electrons. The molecule has 0 saturated heterocycles. The first-order chi connectivity index (χ1) is 8.38. The summed E-state index contributed by atoms with van der Waals surface area (Å²) >= 11 is 0. The van der Waals surface area contributed by atoms with E-state index in [9.17, 15) is 5.11 Å². The third-order valence-electron chi connectivity index (χ3n) is 4.41. The Balaban J connectivity index is 1.78. The van der Waals surface area contributed by atoms with Crippen LogP contribution in [0.3, 0.4) is 0 Å². The molecule has 92 valence electrons. The molecule has 2 nitrogen and oxygen atoms in total. The van der Waals surface area contributed by atoms with Gasteiger partial charge in [-0.3, -0.25) is 4.90 Å². The highest BCUT2D eigenvalue weighted by molar-refractivity contribution is 5.32. The lowest BCUT2D eigenvalue weighted by Crippen LogP contribution is -2.41. The Morgan fingerprint density at radius 2 is 2.06 bits per heavy atom. The van der Waals surface area contributed by atoms with Gasteiger partial charge in [-0.1, -0.05) is 30.7 Å². The molecule has 1 aromatic carbocycles. The van der Waals surface area contributed by atoms with E-state index in [1.54, 1.807) is 0 Å². The van der Waals surface area contributed by atoms with Gasteiger partial charge < -0.3 is 5.11 Å². The van der Waals surface area contributed by atoms with E-state index >= 15 is 0 Å². The minimum atomic E-state index is 0.237. The summed E-state index contributed by atoms with van der Waals surface area (Å²) in [4.78, 5) is 2.49. The summed E-state index contributed by atoms with van der Waals surface area (Å²) in [5, 5.41) is 9.67. The monoisotopic (exact) mass is 231 g/mol. The van der Waals surface area contributed by atoms with Crippen LogP contribution in [0.1, 0.15) is 36.4 Å². The van der Waals surface area contributed by atoms with Gasteiger partial charge in [0.15, 0.2) is 0 Å². The zero-order valence-corrected chi connectivity index (χ0v) is 10.3. The Labute approximate surface area is 103 Å². The van der Waals surface area contributed by atoms with Crippen LogP contribution in [-0.4, -0.2) is 29.7 Å². The maximum atomic E-state index is 9.67. The fourth-order valence-electron chi connectivity index (χ4n) is 3.14. The van der Waals surface area contributed by atoms with Crippen molar-refractivity contribution in [2.75, 3.05) is 19.7 Å². The highest BCUT2D eigenvalue weighted by atomic mass is 16.3. The fourth-order valence-corrected chi connectivity index (χ4v) is 3.14. The van der Waals surface area contributed by atoms with Gasteiger partial charge in [-0.15, -0.1) is 0 Å². The van der Waals surface area contributed by atoms with Crippen molar-refractivity contribution < 1.29 is 5.11 Å². The van der Waals surface area contributed by atoms with E-state index < -0.39 is 0 Å². The quantitative estimate of drug-likeness (QED) is 0.863. The molecular formula is C15H21NO. The molecule has 1 fully saturated rings. The summed E-state index contributed by atoms with van der Waals surface area (Å²) in [6, 6.07) is 8.82. The first-order valence-electron chi connectivity index (χ1n) is 6.81. The maximum Gasteiger partial charge on any atom is 0.0628 e. The third-order valence-corrected chi connectivity index (χ3v) is 4.41. The van der Waals surface area contributed by atoms with Crippen LogP contribution in [0.15, 0.2) is 24.3 Å². The van der Waals surface area contributed by atoms with Crippen LogP contribution in [0.5, 0.6) is 0 Å². The minimum Gasteiger partial charge on any atom is -0.394 e. The van der Waals surface area contributed by atoms with Crippen LogP contribution in [0.2, 0.25) is 0 Å². The zero-order valence-electron chi connectivity index (χ0n) is 10.3. The number of aliphatic hydroxyl groups is 1. The van der Waals surface area contributed by atoms with Crippen LogP contribution in [0, 0.1) is 5.92 Å². The van der Waals surface area contributed by atoms with E-state index in [-0.39, 0.29) is 12.6 Å². The Hall–Kier alpha value is -0.860. The molecule has 1 heterocycles. The van der Waals surface area contributed by atoms with E-state index in [2.05, 4.69) is 29.2 Å². The zero-order chi connectivity index (χ0) is 11.7. The van der Waals surface area contributed by atoms with Gasteiger partial charge in [0.2, 0.25) is 0 Å². The largest absolute Gasteiger partial charge is 0.394 e. The van der Waals surface area contributed by atoms with Crippen molar-refractivity contribution in [2.24, 2.45) is 5.92 Å². The van der Waals surface area contributed by atoms with Crippen molar-refractivity contribution in [3.05, 3.63) is 35.4 Å². The number of fused-ring (bicyclic) bond motifs is 1. The number of hydrogen-bond acceptors (Lipinski definition) is 2. The lowest BCUT2D eigenvalue weighted by Gasteiger charge is -2.40. The van der Waals surface area contributed by atoms with E-state index in [1.165, 1.54) is 36.9 Å². The lowest BCUT2D eigenvalue weighted by atomic mass is 9.83. The van der Waals surface area contributed by atoms with Gasteiger partial charge in [-0.05, 0) is 36.3 Å². The summed E-state index contributed by atoms with van der Waals surface area (Å²) in [6.07, 6.45) is 5.31. The number of hydrogen-bond donors (Lipinski definition) is 1. The molecule has 1 saturated carbocycles. The van der Waals surface area contributed by atoms with E-state index in [1.807, 2.05) is 0 Å². The molecule has 1 aliphatic carbocycles. The van der Waals surface area contributed by atoms with Gasteiger partial charge >= 0.3 is 0 Å². The van der Waals surface area contributed by atoms with Gasteiger partial charge in [-0.2, -0.15) is 0 Å². The molecule has 3 rings (SSSR count). The molecule has 17 heavy (non-hydrogen) atoms. The summed E-state index contributed by atoms with van der Waals surface area (Å²) in [6.45, 7) is 2.54. The molecule has 0 aromatic heterocycles. The molecule has 2 aliphatic rings. The Morgan fingerprint density at radius 1 is 1.24 bits per heavy atom. The molecule has 1 N–H and O–H groups in total. The highest BCUT2D eigenvalue weighted by Crippen LogP contribution is 2.33. The van der Waals surface area contributed by atoms with Crippen LogP contribution in [0.25, 0.3) is 0 Å². The average molecular weight is 231 g/mol. The van der Waals surface area contributed by atoms with Crippen LogP contribution in [0.4, 0.5) is 0 Å². The van der Waals surface area contributed by atoms with E-state index in [0.717, 1.165) is 18.9 Å². The van der Waals surface area contributed by atoms with E-state index in [0.29, 0.717) is 0 Å². The van der Waals surface area contributed by atoms with Gasteiger partial charge in [-0.25, -0.2) is 0 Å². The smallest absolute Gasteiger partial charge is 0.0628 e. The molecule has 1 atom stereocenters. The Bertz CT molecular complexity index is 386. The highest BCUT2D eigenvalue weighted by Gasteiger charge is 2.29. The second-order valence-electron chi connectivity index (χ2n) is 5.44. The molecular weight excluding hydrogens is 210 g/mol. The molecule has 1 unspecified atom stereocenters. The van der Waals surface area contributed by atoms with Gasteiger partial charge in [0.1, 0.15) is 0 Å². The summed E-state index contributed by atoms with van der Waals surface area (Å²) < 4.78 is 0. The Kier molecular flexibility index (Phi) is 3.17. The first kappa shape index (κ1) is 11.2. The molecule has 2 heteroatoms. The van der Waals surface area contributed by atoms with Crippen LogP contribution in [-0.2, 0) is 6.42 Å². The Morgan fingerprint density at radius 3 is 2.76 bits per heavy atom. The molecule has 0 amide bonds. The molecule has 0 bridgehead atoms. The third kappa shape index (κ3) is 2.12. The average Bonchev–Trinajstić information content (AvgIpc) is 2.33. The number of benzene rings is 1. The van der Waals surface area contributed by atoms with Crippen molar-refractivity contribution in [3.63, 3.8) is 0 Å². The summed E-state index contributed by atoms with van der Waals surface area (Å²) in [5.41, 5.74) is 2.77.